The third kappa shape index (κ3) is 16.7. The molecule has 0 heterocycles. The van der Waals surface area contributed by atoms with Crippen molar-refractivity contribution in [3.05, 3.63) is 0 Å². The van der Waals surface area contributed by atoms with Crippen LogP contribution in [0.4, 0.5) is 0 Å². The van der Waals surface area contributed by atoms with E-state index in [-0.39, 0.29) is 57.8 Å². The Labute approximate surface area is 186 Å². The Morgan fingerprint density at radius 1 is 0.826 bits per heavy atom. The molecule has 0 aromatic heterocycles. The van der Waals surface area contributed by atoms with E-state index >= 15 is 0 Å². The minimum atomic E-state index is -4.24. The molecule has 0 aliphatic carbocycles. The summed E-state index contributed by atoms with van der Waals surface area (Å²) in [5, 5.41) is 8.68. The van der Waals surface area contributed by atoms with Crippen molar-refractivity contribution in [1.82, 2.24) is 0 Å². The molecule has 0 fully saturated rings. The monoisotopic (exact) mass is 374 g/mol. The number of unbranched alkanes of at least 4 members (excludes halogenated alkanes) is 8. The predicted molar refractivity (Wildman–Crippen MR) is 90.9 cm³/mol. The van der Waals surface area contributed by atoms with Crippen molar-refractivity contribution in [3.8, 4) is 0 Å². The molecule has 0 bridgehead atoms. The van der Waals surface area contributed by atoms with Gasteiger partial charge in [-0.25, -0.2) is 8.42 Å². The summed E-state index contributed by atoms with van der Waals surface area (Å²) in [6, 6.07) is 0. The van der Waals surface area contributed by atoms with Crippen molar-refractivity contribution in [2.24, 2.45) is 0 Å². The Balaban J connectivity index is 0. The molecule has 2 atom stereocenters. The Bertz CT molecular complexity index is 347. The molecule has 2 unspecified atom stereocenters. The quantitative estimate of drug-likeness (QED) is 0.267. The van der Waals surface area contributed by atoms with Gasteiger partial charge in [-0.15, -0.1) is 0 Å². The maximum atomic E-state index is 11.3. The van der Waals surface area contributed by atoms with Gasteiger partial charge in [0, 0.05) is 5.25 Å². The molecule has 0 saturated heterocycles. The van der Waals surface area contributed by atoms with Gasteiger partial charge in [0.05, 0.1) is 16.2 Å². The smallest absolute Gasteiger partial charge is 0.748 e. The largest absolute Gasteiger partial charge is 1.00 e. The summed E-state index contributed by atoms with van der Waals surface area (Å²) < 4.78 is 33.8. The second-order valence-corrected chi connectivity index (χ2v) is 8.02. The summed E-state index contributed by atoms with van der Waals surface area (Å²) in [7, 11) is -4.24. The SMILES string of the molecule is CCCCCCCCCCCC(CCC(O)CC)S(=O)(=O)[O-].[K+]. The van der Waals surface area contributed by atoms with E-state index in [1.54, 1.807) is 0 Å². The summed E-state index contributed by atoms with van der Waals surface area (Å²) in [6.45, 7) is 4.06. The molecule has 0 amide bonds. The molecule has 4 nitrogen and oxygen atoms in total. The van der Waals surface area contributed by atoms with Crippen molar-refractivity contribution < 1.29 is 69.5 Å². The number of aliphatic hydroxyl groups excluding tert-OH is 1. The maximum absolute atomic E-state index is 11.3. The fourth-order valence-corrected chi connectivity index (χ4v) is 3.58. The minimum absolute atomic E-state index is 0. The van der Waals surface area contributed by atoms with Gasteiger partial charge in [-0.3, -0.25) is 0 Å². The molecule has 0 aromatic carbocycles. The molecule has 134 valence electrons. The maximum Gasteiger partial charge on any atom is 1.00 e. The van der Waals surface area contributed by atoms with Crippen molar-refractivity contribution >= 4 is 10.1 Å². The van der Waals surface area contributed by atoms with Crippen LogP contribution in [-0.4, -0.2) is 29.4 Å². The molecule has 6 heteroatoms. The normalized spacial score (nSPS) is 14.3. The van der Waals surface area contributed by atoms with Crippen LogP contribution >= 0.6 is 0 Å². The van der Waals surface area contributed by atoms with Crippen LogP contribution in [0.5, 0.6) is 0 Å². The molecule has 0 aliphatic heterocycles. The van der Waals surface area contributed by atoms with E-state index < -0.39 is 21.5 Å². The second-order valence-electron chi connectivity index (χ2n) is 6.37. The molecule has 0 aromatic rings. The first kappa shape index (κ1) is 26.7. The van der Waals surface area contributed by atoms with Crippen molar-refractivity contribution in [2.75, 3.05) is 0 Å². The van der Waals surface area contributed by atoms with Crippen LogP contribution in [0, 0.1) is 0 Å². The zero-order chi connectivity index (χ0) is 16.8. The number of hydrogen-bond acceptors (Lipinski definition) is 4. The third-order valence-corrected chi connectivity index (χ3v) is 5.62. The minimum Gasteiger partial charge on any atom is -0.748 e. The van der Waals surface area contributed by atoms with Crippen LogP contribution < -0.4 is 51.4 Å². The van der Waals surface area contributed by atoms with Gasteiger partial charge in [0.15, 0.2) is 0 Å². The summed E-state index contributed by atoms with van der Waals surface area (Å²) in [5.41, 5.74) is 0. The third-order valence-electron chi connectivity index (χ3n) is 4.33. The van der Waals surface area contributed by atoms with Gasteiger partial charge in [0.1, 0.15) is 0 Å². The van der Waals surface area contributed by atoms with Crippen LogP contribution in [0.3, 0.4) is 0 Å². The molecule has 0 rings (SSSR count). The van der Waals surface area contributed by atoms with Crippen LogP contribution in [-0.2, 0) is 10.1 Å². The van der Waals surface area contributed by atoms with E-state index in [2.05, 4.69) is 6.92 Å². The molecular formula is C17H35KO4S. The first-order valence-corrected chi connectivity index (χ1v) is 10.5. The average molecular weight is 375 g/mol. The van der Waals surface area contributed by atoms with Gasteiger partial charge in [-0.1, -0.05) is 71.6 Å². The molecule has 0 saturated carbocycles. The number of hydrogen-bond donors (Lipinski definition) is 1. The summed E-state index contributed by atoms with van der Waals surface area (Å²) in [5.74, 6) is 0. The molecule has 0 aliphatic rings. The number of aliphatic hydroxyl groups is 1. The Morgan fingerprint density at radius 3 is 1.74 bits per heavy atom. The second kappa shape index (κ2) is 16.9. The Hall–Kier alpha value is 1.51. The van der Waals surface area contributed by atoms with Gasteiger partial charge in [0.25, 0.3) is 0 Å². The van der Waals surface area contributed by atoms with Crippen molar-refractivity contribution in [3.63, 3.8) is 0 Å². The molecular weight excluding hydrogens is 339 g/mol. The van der Waals surface area contributed by atoms with Gasteiger partial charge in [0.2, 0.25) is 0 Å². The van der Waals surface area contributed by atoms with Gasteiger partial charge < -0.3 is 9.66 Å². The Kier molecular flexibility index (Phi) is 19.7. The number of rotatable bonds is 15. The molecule has 0 spiro atoms. The van der Waals surface area contributed by atoms with E-state index in [0.717, 1.165) is 19.3 Å². The summed E-state index contributed by atoms with van der Waals surface area (Å²) in [4.78, 5) is 0. The molecule has 1 N–H and O–H groups in total. The molecule has 0 radical (unpaired) electrons. The topological polar surface area (TPSA) is 77.4 Å². The molecule has 23 heavy (non-hydrogen) atoms. The van der Waals surface area contributed by atoms with Crippen molar-refractivity contribution in [1.29, 1.82) is 0 Å². The van der Waals surface area contributed by atoms with E-state index in [1.165, 1.54) is 38.5 Å². The van der Waals surface area contributed by atoms with Crippen LogP contribution in [0.2, 0.25) is 0 Å². The van der Waals surface area contributed by atoms with Gasteiger partial charge in [-0.2, -0.15) is 0 Å². The van der Waals surface area contributed by atoms with Crippen LogP contribution in [0.25, 0.3) is 0 Å². The fourth-order valence-electron chi connectivity index (χ4n) is 2.70. The standard InChI is InChI=1S/C17H36O4S.K/c1-3-5-6-7-8-9-10-11-12-13-17(22(19,20)21)15-14-16(18)4-2;/h16-18H,3-15H2,1-2H3,(H,19,20,21);/q;+1/p-1. The van der Waals surface area contributed by atoms with E-state index in [1.807, 2.05) is 6.92 Å². The first-order valence-electron chi connectivity index (χ1n) is 9.04. The van der Waals surface area contributed by atoms with E-state index in [4.69, 9.17) is 0 Å². The zero-order valence-electron chi connectivity index (χ0n) is 15.4. The van der Waals surface area contributed by atoms with E-state index in [9.17, 15) is 18.1 Å². The fraction of sp³-hybridized carbons (Fsp3) is 1.00. The summed E-state index contributed by atoms with van der Waals surface area (Å²) in [6.07, 6.45) is 11.8. The van der Waals surface area contributed by atoms with Crippen molar-refractivity contribution in [2.45, 2.75) is 109 Å². The zero-order valence-corrected chi connectivity index (χ0v) is 19.4. The predicted octanol–water partition coefficient (Wildman–Crippen LogP) is 1.38. The Morgan fingerprint density at radius 2 is 1.30 bits per heavy atom. The van der Waals surface area contributed by atoms with E-state index in [0.29, 0.717) is 19.3 Å². The first-order chi connectivity index (χ1) is 10.4. The summed E-state index contributed by atoms with van der Waals surface area (Å²) >= 11 is 0. The average Bonchev–Trinajstić information content (AvgIpc) is 2.46. The van der Waals surface area contributed by atoms with Gasteiger partial charge in [-0.05, 0) is 25.7 Å². The van der Waals surface area contributed by atoms with Crippen LogP contribution in [0.15, 0.2) is 0 Å². The van der Waals surface area contributed by atoms with Crippen LogP contribution in [0.1, 0.15) is 97.3 Å². The van der Waals surface area contributed by atoms with Gasteiger partial charge >= 0.3 is 51.4 Å².